The molecule has 1 aromatic carbocycles. The zero-order valence-electron chi connectivity index (χ0n) is 11.5. The Balaban J connectivity index is 1.80. The molecule has 6 heteroatoms. The van der Waals surface area contributed by atoms with Crippen LogP contribution < -0.4 is 10.5 Å². The van der Waals surface area contributed by atoms with E-state index in [0.29, 0.717) is 22.3 Å². The molecule has 0 atom stereocenters. The standard InChI is InChI=1S/C16H12FN3O2/c17-12-3-1-2-10(4-12)9-22-13-6-15-14(20-8-13)5-11(7-19-15)16(18)21/h1-8H,9H2,(H2,18,21). The van der Waals surface area contributed by atoms with E-state index in [4.69, 9.17) is 10.5 Å². The monoisotopic (exact) mass is 297 g/mol. The summed E-state index contributed by atoms with van der Waals surface area (Å²) in [7, 11) is 0. The number of pyridine rings is 2. The van der Waals surface area contributed by atoms with Crippen molar-refractivity contribution in [1.29, 1.82) is 0 Å². The predicted molar refractivity (Wildman–Crippen MR) is 78.8 cm³/mol. The van der Waals surface area contributed by atoms with Crippen molar-refractivity contribution in [2.45, 2.75) is 6.61 Å². The molecule has 0 saturated heterocycles. The second kappa shape index (κ2) is 5.77. The third kappa shape index (κ3) is 3.01. The van der Waals surface area contributed by atoms with Crippen LogP contribution in [-0.2, 0) is 6.61 Å². The lowest BCUT2D eigenvalue weighted by molar-refractivity contribution is 0.1000. The average molecular weight is 297 g/mol. The Kier molecular flexibility index (Phi) is 3.65. The SMILES string of the molecule is NC(=O)c1cnc2cc(OCc3cccc(F)c3)cnc2c1. The smallest absolute Gasteiger partial charge is 0.250 e. The number of amides is 1. The minimum absolute atomic E-state index is 0.227. The molecular weight excluding hydrogens is 285 g/mol. The molecule has 2 N–H and O–H groups in total. The number of hydrogen-bond acceptors (Lipinski definition) is 4. The number of benzene rings is 1. The van der Waals surface area contributed by atoms with Crippen molar-refractivity contribution >= 4 is 16.9 Å². The Labute approximate surface area is 125 Å². The minimum Gasteiger partial charge on any atom is -0.487 e. The lowest BCUT2D eigenvalue weighted by Crippen LogP contribution is -2.11. The number of halogens is 1. The lowest BCUT2D eigenvalue weighted by atomic mass is 10.2. The zero-order valence-corrected chi connectivity index (χ0v) is 11.5. The molecule has 0 aliphatic heterocycles. The van der Waals surface area contributed by atoms with E-state index in [2.05, 4.69) is 9.97 Å². The summed E-state index contributed by atoms with van der Waals surface area (Å²) in [6.45, 7) is 0.227. The summed E-state index contributed by atoms with van der Waals surface area (Å²) in [5.41, 5.74) is 7.35. The normalized spacial score (nSPS) is 10.6. The van der Waals surface area contributed by atoms with Gasteiger partial charge in [0.15, 0.2) is 0 Å². The van der Waals surface area contributed by atoms with E-state index in [-0.39, 0.29) is 12.4 Å². The molecule has 22 heavy (non-hydrogen) atoms. The van der Waals surface area contributed by atoms with Crippen molar-refractivity contribution in [3.05, 3.63) is 65.7 Å². The van der Waals surface area contributed by atoms with Gasteiger partial charge in [-0.25, -0.2) is 4.39 Å². The van der Waals surface area contributed by atoms with E-state index in [1.807, 2.05) is 0 Å². The Morgan fingerprint density at radius 1 is 1.14 bits per heavy atom. The molecule has 3 aromatic rings. The van der Waals surface area contributed by atoms with E-state index >= 15 is 0 Å². The van der Waals surface area contributed by atoms with Gasteiger partial charge in [-0.3, -0.25) is 14.8 Å². The van der Waals surface area contributed by atoms with Gasteiger partial charge < -0.3 is 10.5 Å². The van der Waals surface area contributed by atoms with E-state index in [1.165, 1.54) is 24.5 Å². The van der Waals surface area contributed by atoms with Gasteiger partial charge in [0, 0.05) is 12.3 Å². The third-order valence-electron chi connectivity index (χ3n) is 3.09. The summed E-state index contributed by atoms with van der Waals surface area (Å²) in [6, 6.07) is 9.45. The quantitative estimate of drug-likeness (QED) is 0.802. The highest BCUT2D eigenvalue weighted by molar-refractivity contribution is 5.95. The van der Waals surface area contributed by atoms with Gasteiger partial charge in [-0.05, 0) is 23.8 Å². The van der Waals surface area contributed by atoms with Crippen molar-refractivity contribution < 1.29 is 13.9 Å². The molecule has 110 valence electrons. The van der Waals surface area contributed by atoms with Crippen LogP contribution >= 0.6 is 0 Å². The number of fused-ring (bicyclic) bond motifs is 1. The summed E-state index contributed by atoms with van der Waals surface area (Å²) in [4.78, 5) is 19.4. The molecule has 0 unspecified atom stereocenters. The molecule has 0 radical (unpaired) electrons. The number of rotatable bonds is 4. The van der Waals surface area contributed by atoms with Gasteiger partial charge in [-0.2, -0.15) is 0 Å². The number of primary amides is 1. The highest BCUT2D eigenvalue weighted by Gasteiger charge is 2.06. The topological polar surface area (TPSA) is 78.1 Å². The summed E-state index contributed by atoms with van der Waals surface area (Å²) in [6.07, 6.45) is 2.91. The largest absolute Gasteiger partial charge is 0.487 e. The fraction of sp³-hybridized carbons (Fsp3) is 0.0625. The highest BCUT2D eigenvalue weighted by Crippen LogP contribution is 2.18. The molecule has 0 spiro atoms. The third-order valence-corrected chi connectivity index (χ3v) is 3.09. The first-order valence-electron chi connectivity index (χ1n) is 6.55. The van der Waals surface area contributed by atoms with Gasteiger partial charge in [0.25, 0.3) is 0 Å². The number of aromatic nitrogens is 2. The number of carbonyl (C=O) groups excluding carboxylic acids is 1. The molecule has 5 nitrogen and oxygen atoms in total. The van der Waals surface area contributed by atoms with Crippen LogP contribution in [0.15, 0.2) is 48.8 Å². The van der Waals surface area contributed by atoms with Crippen molar-refractivity contribution in [3.63, 3.8) is 0 Å². The second-order valence-corrected chi connectivity index (χ2v) is 4.72. The van der Waals surface area contributed by atoms with E-state index in [1.54, 1.807) is 24.3 Å². The van der Waals surface area contributed by atoms with Crippen LogP contribution in [0.25, 0.3) is 11.0 Å². The number of ether oxygens (including phenoxy) is 1. The van der Waals surface area contributed by atoms with Gasteiger partial charge in [-0.15, -0.1) is 0 Å². The van der Waals surface area contributed by atoms with Crippen LogP contribution in [0.1, 0.15) is 15.9 Å². The second-order valence-electron chi connectivity index (χ2n) is 4.72. The summed E-state index contributed by atoms with van der Waals surface area (Å²) >= 11 is 0. The fourth-order valence-electron chi connectivity index (χ4n) is 1.99. The number of carbonyl (C=O) groups is 1. The molecule has 2 heterocycles. The van der Waals surface area contributed by atoms with E-state index < -0.39 is 5.91 Å². The van der Waals surface area contributed by atoms with Gasteiger partial charge in [0.05, 0.1) is 22.8 Å². The molecule has 1 amide bonds. The minimum atomic E-state index is -0.553. The van der Waals surface area contributed by atoms with E-state index in [0.717, 1.165) is 5.56 Å². The molecule has 0 bridgehead atoms. The van der Waals surface area contributed by atoms with Crippen molar-refractivity contribution in [1.82, 2.24) is 9.97 Å². The Hall–Kier alpha value is -3.02. The van der Waals surface area contributed by atoms with Crippen LogP contribution in [0.5, 0.6) is 5.75 Å². The van der Waals surface area contributed by atoms with Gasteiger partial charge in [-0.1, -0.05) is 12.1 Å². The van der Waals surface area contributed by atoms with Crippen LogP contribution in [0.4, 0.5) is 4.39 Å². The summed E-state index contributed by atoms with van der Waals surface area (Å²) < 4.78 is 18.7. The summed E-state index contributed by atoms with van der Waals surface area (Å²) in [5.74, 6) is -0.350. The Morgan fingerprint density at radius 2 is 1.91 bits per heavy atom. The molecule has 3 rings (SSSR count). The molecule has 2 aromatic heterocycles. The molecule has 0 saturated carbocycles. The molecule has 0 fully saturated rings. The Morgan fingerprint density at radius 3 is 2.68 bits per heavy atom. The van der Waals surface area contributed by atoms with Crippen LogP contribution in [-0.4, -0.2) is 15.9 Å². The molecule has 0 aliphatic rings. The van der Waals surface area contributed by atoms with Gasteiger partial charge in [0.2, 0.25) is 5.91 Å². The van der Waals surface area contributed by atoms with Gasteiger partial charge >= 0.3 is 0 Å². The molecule has 0 aliphatic carbocycles. The van der Waals surface area contributed by atoms with Crippen LogP contribution in [0.2, 0.25) is 0 Å². The summed E-state index contributed by atoms with van der Waals surface area (Å²) in [5, 5.41) is 0. The van der Waals surface area contributed by atoms with E-state index in [9.17, 15) is 9.18 Å². The number of hydrogen-bond donors (Lipinski definition) is 1. The maximum Gasteiger partial charge on any atom is 0.250 e. The van der Waals surface area contributed by atoms with Crippen molar-refractivity contribution in [3.8, 4) is 5.75 Å². The van der Waals surface area contributed by atoms with Crippen molar-refractivity contribution in [2.75, 3.05) is 0 Å². The maximum absolute atomic E-state index is 13.1. The van der Waals surface area contributed by atoms with Crippen molar-refractivity contribution in [2.24, 2.45) is 5.73 Å². The highest BCUT2D eigenvalue weighted by atomic mass is 19.1. The predicted octanol–water partition coefficient (Wildman–Crippen LogP) is 2.45. The maximum atomic E-state index is 13.1. The molecular formula is C16H12FN3O2. The van der Waals surface area contributed by atoms with Gasteiger partial charge in [0.1, 0.15) is 18.2 Å². The number of nitrogens with zero attached hydrogens (tertiary/aromatic N) is 2. The van der Waals surface area contributed by atoms with Crippen LogP contribution in [0.3, 0.4) is 0 Å². The number of nitrogens with two attached hydrogens (primary N) is 1. The lowest BCUT2D eigenvalue weighted by Gasteiger charge is -2.07. The van der Waals surface area contributed by atoms with Crippen LogP contribution in [0, 0.1) is 5.82 Å². The first kappa shape index (κ1) is 13.9. The Bertz CT molecular complexity index is 852. The average Bonchev–Trinajstić information content (AvgIpc) is 2.52. The fourth-order valence-corrected chi connectivity index (χ4v) is 1.99. The first-order valence-corrected chi connectivity index (χ1v) is 6.55. The zero-order chi connectivity index (χ0) is 15.5. The first-order chi connectivity index (χ1) is 10.6.